The number of ketones is 1. The molecule has 4 heteroatoms. The van der Waals surface area contributed by atoms with Gasteiger partial charge in [-0.2, -0.15) is 0 Å². The molecule has 0 bridgehead atoms. The van der Waals surface area contributed by atoms with Gasteiger partial charge < -0.3 is 0 Å². The van der Waals surface area contributed by atoms with Crippen LogP contribution in [0.3, 0.4) is 0 Å². The van der Waals surface area contributed by atoms with Crippen LogP contribution in [0.15, 0.2) is 36.4 Å². The molecule has 2 rings (SSSR count). The third kappa shape index (κ3) is 2.55. The van der Waals surface area contributed by atoms with Crippen molar-refractivity contribution in [2.45, 2.75) is 6.92 Å². The number of hydrogen-bond donors (Lipinski definition) is 0. The predicted molar refractivity (Wildman–Crippen MR) is 71.9 cm³/mol. The highest BCUT2D eigenvalue weighted by Gasteiger charge is 2.10. The zero-order valence-corrected chi connectivity index (χ0v) is 11.0. The van der Waals surface area contributed by atoms with E-state index < -0.39 is 5.82 Å². The summed E-state index contributed by atoms with van der Waals surface area (Å²) in [5, 5.41) is 0.755. The zero-order valence-electron chi connectivity index (χ0n) is 9.51. The number of carbonyl (C=O) groups excluding carboxylic acids is 1. The molecule has 0 saturated heterocycles. The van der Waals surface area contributed by atoms with Gasteiger partial charge in [-0.15, -0.1) is 0 Å². The maximum Gasteiger partial charge on any atom is 0.159 e. The molecule has 0 aliphatic carbocycles. The van der Waals surface area contributed by atoms with Gasteiger partial charge in [-0.05, 0) is 42.8 Å². The van der Waals surface area contributed by atoms with Crippen LogP contribution in [0.2, 0.25) is 10.0 Å². The van der Waals surface area contributed by atoms with Crippen molar-refractivity contribution in [2.75, 3.05) is 0 Å². The molecule has 0 N–H and O–H groups in total. The average Bonchev–Trinajstić information content (AvgIpc) is 2.33. The van der Waals surface area contributed by atoms with Crippen molar-refractivity contribution in [2.24, 2.45) is 0 Å². The first-order valence-corrected chi connectivity index (χ1v) is 6.00. The molecule has 2 aromatic rings. The summed E-state index contributed by atoms with van der Waals surface area (Å²) in [6, 6.07) is 9.08. The second kappa shape index (κ2) is 5.09. The van der Waals surface area contributed by atoms with Crippen molar-refractivity contribution in [3.63, 3.8) is 0 Å². The van der Waals surface area contributed by atoms with E-state index in [2.05, 4.69) is 0 Å². The molecule has 92 valence electrons. The van der Waals surface area contributed by atoms with E-state index in [1.165, 1.54) is 25.1 Å². The van der Waals surface area contributed by atoms with Gasteiger partial charge in [0.1, 0.15) is 5.82 Å². The maximum atomic E-state index is 13.8. The number of benzene rings is 2. The van der Waals surface area contributed by atoms with E-state index in [9.17, 15) is 9.18 Å². The Morgan fingerprint density at radius 2 is 1.78 bits per heavy atom. The SMILES string of the molecule is CC(=O)c1ccc(F)c(-c2ccc(Cl)c(Cl)c2)c1. The van der Waals surface area contributed by atoms with Crippen LogP contribution in [0, 0.1) is 5.82 Å². The van der Waals surface area contributed by atoms with Gasteiger partial charge in [0.15, 0.2) is 5.78 Å². The Balaban J connectivity index is 2.58. The average molecular weight is 283 g/mol. The molecular weight excluding hydrogens is 274 g/mol. The van der Waals surface area contributed by atoms with Crippen molar-refractivity contribution < 1.29 is 9.18 Å². The lowest BCUT2D eigenvalue weighted by Crippen LogP contribution is -1.94. The van der Waals surface area contributed by atoms with Gasteiger partial charge in [0.25, 0.3) is 0 Å². The summed E-state index contributed by atoms with van der Waals surface area (Å²) in [5.74, 6) is -0.519. The Hall–Kier alpha value is -1.38. The highest BCUT2D eigenvalue weighted by atomic mass is 35.5. The molecule has 18 heavy (non-hydrogen) atoms. The normalized spacial score (nSPS) is 10.4. The fraction of sp³-hybridized carbons (Fsp3) is 0.0714. The quantitative estimate of drug-likeness (QED) is 0.709. The van der Waals surface area contributed by atoms with Gasteiger partial charge >= 0.3 is 0 Å². The van der Waals surface area contributed by atoms with Gasteiger partial charge in [0, 0.05) is 11.1 Å². The maximum absolute atomic E-state index is 13.8. The summed E-state index contributed by atoms with van der Waals surface area (Å²) >= 11 is 11.7. The van der Waals surface area contributed by atoms with Crippen molar-refractivity contribution in [1.29, 1.82) is 0 Å². The molecule has 0 fully saturated rings. The van der Waals surface area contributed by atoms with E-state index in [-0.39, 0.29) is 5.78 Å². The topological polar surface area (TPSA) is 17.1 Å². The van der Waals surface area contributed by atoms with Gasteiger partial charge in [0.2, 0.25) is 0 Å². The first-order valence-electron chi connectivity index (χ1n) is 5.25. The van der Waals surface area contributed by atoms with Crippen molar-refractivity contribution in [3.8, 4) is 11.1 Å². The monoisotopic (exact) mass is 282 g/mol. The molecule has 0 radical (unpaired) electrons. The summed E-state index contributed by atoms with van der Waals surface area (Å²) < 4.78 is 13.8. The predicted octanol–water partition coefficient (Wildman–Crippen LogP) is 5.00. The highest BCUT2D eigenvalue weighted by Crippen LogP contribution is 2.30. The molecule has 0 aromatic heterocycles. The molecule has 0 amide bonds. The molecule has 0 spiro atoms. The summed E-state index contributed by atoms with van der Waals surface area (Å²) in [6.45, 7) is 1.44. The van der Waals surface area contributed by atoms with E-state index >= 15 is 0 Å². The fourth-order valence-corrected chi connectivity index (χ4v) is 1.93. The molecule has 1 nitrogen and oxygen atoms in total. The van der Waals surface area contributed by atoms with E-state index in [1.807, 2.05) is 0 Å². The first kappa shape index (κ1) is 13.1. The highest BCUT2D eigenvalue weighted by molar-refractivity contribution is 6.42. The van der Waals surface area contributed by atoms with Gasteiger partial charge in [-0.3, -0.25) is 4.79 Å². The number of halogens is 3. The first-order chi connectivity index (χ1) is 8.49. The lowest BCUT2D eigenvalue weighted by atomic mass is 10.0. The van der Waals surface area contributed by atoms with Gasteiger partial charge in [-0.25, -0.2) is 4.39 Å². The number of rotatable bonds is 2. The van der Waals surface area contributed by atoms with Gasteiger partial charge in [-0.1, -0.05) is 29.3 Å². The Kier molecular flexibility index (Phi) is 3.69. The van der Waals surface area contributed by atoms with Crippen LogP contribution in [0.25, 0.3) is 11.1 Å². The van der Waals surface area contributed by atoms with Crippen molar-refractivity contribution in [1.82, 2.24) is 0 Å². The minimum Gasteiger partial charge on any atom is -0.295 e. The minimum atomic E-state index is -0.404. The van der Waals surface area contributed by atoms with Crippen LogP contribution < -0.4 is 0 Å². The smallest absolute Gasteiger partial charge is 0.159 e. The molecule has 0 unspecified atom stereocenters. The molecule has 0 heterocycles. The lowest BCUT2D eigenvalue weighted by Gasteiger charge is -2.06. The van der Waals surface area contributed by atoms with E-state index in [1.54, 1.807) is 18.2 Å². The Bertz CT molecular complexity index is 623. The summed E-state index contributed by atoms with van der Waals surface area (Å²) in [7, 11) is 0. The number of Topliss-reactive ketones (excluding diaryl/α,β-unsaturated/α-hetero) is 1. The van der Waals surface area contributed by atoms with Gasteiger partial charge in [0.05, 0.1) is 10.0 Å². The van der Waals surface area contributed by atoms with E-state index in [0.29, 0.717) is 26.7 Å². The van der Waals surface area contributed by atoms with Crippen LogP contribution in [0.4, 0.5) is 4.39 Å². The zero-order chi connectivity index (χ0) is 13.3. The van der Waals surface area contributed by atoms with Crippen LogP contribution in [-0.2, 0) is 0 Å². The summed E-state index contributed by atoms with van der Waals surface area (Å²) in [5.41, 5.74) is 1.38. The largest absolute Gasteiger partial charge is 0.295 e. The second-order valence-electron chi connectivity index (χ2n) is 3.88. The van der Waals surface area contributed by atoms with E-state index in [0.717, 1.165) is 0 Å². The molecule has 0 aliphatic heterocycles. The summed E-state index contributed by atoms with van der Waals surface area (Å²) in [4.78, 5) is 11.3. The third-order valence-electron chi connectivity index (χ3n) is 2.60. The minimum absolute atomic E-state index is 0.115. The Labute approximate surface area is 114 Å². The van der Waals surface area contributed by atoms with Crippen LogP contribution in [-0.4, -0.2) is 5.78 Å². The molecule has 2 aromatic carbocycles. The lowest BCUT2D eigenvalue weighted by molar-refractivity contribution is 0.101. The molecule has 0 saturated carbocycles. The number of carbonyl (C=O) groups is 1. The van der Waals surface area contributed by atoms with Crippen molar-refractivity contribution in [3.05, 3.63) is 57.8 Å². The standard InChI is InChI=1S/C14H9Cl2FO/c1-8(18)9-3-5-14(17)11(6-9)10-2-4-12(15)13(16)7-10/h2-7H,1H3. The fourth-order valence-electron chi connectivity index (χ4n) is 1.63. The molecule has 0 aliphatic rings. The van der Waals surface area contributed by atoms with E-state index in [4.69, 9.17) is 23.2 Å². The molecular formula is C14H9Cl2FO. The van der Waals surface area contributed by atoms with Crippen molar-refractivity contribution >= 4 is 29.0 Å². The van der Waals surface area contributed by atoms with Crippen LogP contribution >= 0.6 is 23.2 Å². The second-order valence-corrected chi connectivity index (χ2v) is 4.69. The summed E-state index contributed by atoms with van der Waals surface area (Å²) in [6.07, 6.45) is 0. The third-order valence-corrected chi connectivity index (χ3v) is 3.34. The van der Waals surface area contributed by atoms with Crippen LogP contribution in [0.1, 0.15) is 17.3 Å². The molecule has 0 atom stereocenters. The van der Waals surface area contributed by atoms with Crippen LogP contribution in [0.5, 0.6) is 0 Å². The Morgan fingerprint density at radius 3 is 2.39 bits per heavy atom. The number of hydrogen-bond acceptors (Lipinski definition) is 1. The Morgan fingerprint density at radius 1 is 1.06 bits per heavy atom.